The van der Waals surface area contributed by atoms with Gasteiger partial charge >= 0.3 is 0 Å². The number of aryl methyl sites for hydroxylation is 1. The first-order valence-electron chi connectivity index (χ1n) is 5.99. The Balaban J connectivity index is 1.81. The van der Waals surface area contributed by atoms with E-state index in [0.29, 0.717) is 17.1 Å². The van der Waals surface area contributed by atoms with Gasteiger partial charge in [0.05, 0.1) is 12.1 Å². The SMILES string of the molecule is Cc1ccc(NCc2nc3ccsc3c(=O)[nH]2)cc1. The molecule has 0 saturated heterocycles. The molecule has 0 unspecified atom stereocenters. The summed E-state index contributed by atoms with van der Waals surface area (Å²) in [5, 5.41) is 5.12. The van der Waals surface area contributed by atoms with E-state index in [4.69, 9.17) is 0 Å². The predicted molar refractivity (Wildman–Crippen MR) is 78.7 cm³/mol. The van der Waals surface area contributed by atoms with Crippen LogP contribution in [0.4, 0.5) is 5.69 Å². The maximum Gasteiger partial charge on any atom is 0.268 e. The van der Waals surface area contributed by atoms with Gasteiger partial charge in [0.25, 0.3) is 5.56 Å². The first-order chi connectivity index (χ1) is 9.22. The number of aromatic nitrogens is 2. The highest BCUT2D eigenvalue weighted by Crippen LogP contribution is 2.14. The van der Waals surface area contributed by atoms with Gasteiger partial charge in [0, 0.05) is 5.69 Å². The number of hydrogen-bond acceptors (Lipinski definition) is 4. The first-order valence-corrected chi connectivity index (χ1v) is 6.87. The number of anilines is 1. The van der Waals surface area contributed by atoms with Crippen molar-refractivity contribution < 1.29 is 0 Å². The van der Waals surface area contributed by atoms with E-state index in [-0.39, 0.29) is 5.56 Å². The Bertz CT molecular complexity index is 758. The number of aromatic amines is 1. The van der Waals surface area contributed by atoms with E-state index in [9.17, 15) is 4.79 Å². The van der Waals surface area contributed by atoms with Gasteiger partial charge in [-0.2, -0.15) is 0 Å². The molecule has 2 heterocycles. The lowest BCUT2D eigenvalue weighted by Gasteiger charge is -2.06. The number of fused-ring (bicyclic) bond motifs is 1. The van der Waals surface area contributed by atoms with Gasteiger partial charge in [-0.3, -0.25) is 4.79 Å². The molecule has 4 nitrogen and oxygen atoms in total. The molecule has 5 heteroatoms. The lowest BCUT2D eigenvalue weighted by molar-refractivity contribution is 0.955. The third-order valence-electron chi connectivity index (χ3n) is 2.88. The van der Waals surface area contributed by atoms with E-state index >= 15 is 0 Å². The fourth-order valence-electron chi connectivity index (χ4n) is 1.86. The zero-order chi connectivity index (χ0) is 13.2. The van der Waals surface area contributed by atoms with Crippen LogP contribution in [0.25, 0.3) is 10.2 Å². The number of benzene rings is 1. The molecule has 2 N–H and O–H groups in total. The van der Waals surface area contributed by atoms with Crippen LogP contribution in [0.5, 0.6) is 0 Å². The van der Waals surface area contributed by atoms with Crippen LogP contribution in [0, 0.1) is 6.92 Å². The summed E-state index contributed by atoms with van der Waals surface area (Å²) in [6.07, 6.45) is 0. The Morgan fingerprint density at radius 3 is 2.84 bits per heavy atom. The van der Waals surface area contributed by atoms with Crippen LogP contribution in [-0.2, 0) is 6.54 Å². The van der Waals surface area contributed by atoms with E-state index in [1.807, 2.05) is 42.6 Å². The molecule has 0 radical (unpaired) electrons. The van der Waals surface area contributed by atoms with E-state index in [1.54, 1.807) is 0 Å². The van der Waals surface area contributed by atoms with Gasteiger partial charge in [-0.15, -0.1) is 11.3 Å². The maximum atomic E-state index is 11.8. The predicted octanol–water partition coefficient (Wildman–Crippen LogP) is 2.91. The Morgan fingerprint density at radius 2 is 2.05 bits per heavy atom. The van der Waals surface area contributed by atoms with Crippen molar-refractivity contribution in [1.82, 2.24) is 9.97 Å². The van der Waals surface area contributed by atoms with Crippen LogP contribution >= 0.6 is 11.3 Å². The number of rotatable bonds is 3. The average molecular weight is 271 g/mol. The van der Waals surface area contributed by atoms with Crippen molar-refractivity contribution in [3.8, 4) is 0 Å². The first kappa shape index (κ1) is 11.9. The minimum absolute atomic E-state index is 0.0688. The lowest BCUT2D eigenvalue weighted by Crippen LogP contribution is -2.13. The number of thiophene rings is 1. The van der Waals surface area contributed by atoms with Gasteiger partial charge in [-0.05, 0) is 30.5 Å². The van der Waals surface area contributed by atoms with Gasteiger partial charge in [0.1, 0.15) is 10.5 Å². The normalized spacial score (nSPS) is 10.8. The smallest absolute Gasteiger partial charge is 0.268 e. The van der Waals surface area contributed by atoms with Crippen LogP contribution in [0.1, 0.15) is 11.4 Å². The summed E-state index contributed by atoms with van der Waals surface area (Å²) in [6.45, 7) is 2.55. The van der Waals surface area contributed by atoms with Crippen LogP contribution in [0.15, 0.2) is 40.5 Å². The van der Waals surface area contributed by atoms with Crippen molar-refractivity contribution in [3.05, 3.63) is 57.5 Å². The molecule has 0 aliphatic rings. The summed E-state index contributed by atoms with van der Waals surface area (Å²) >= 11 is 1.41. The average Bonchev–Trinajstić information content (AvgIpc) is 2.87. The molecule has 2 aromatic heterocycles. The molecular weight excluding hydrogens is 258 g/mol. The summed E-state index contributed by atoms with van der Waals surface area (Å²) in [4.78, 5) is 19.0. The van der Waals surface area contributed by atoms with E-state index < -0.39 is 0 Å². The number of H-pyrrole nitrogens is 1. The molecule has 3 aromatic rings. The summed E-state index contributed by atoms with van der Waals surface area (Å²) in [6, 6.07) is 9.97. The summed E-state index contributed by atoms with van der Waals surface area (Å²) in [5.41, 5.74) is 2.92. The minimum atomic E-state index is -0.0688. The maximum absolute atomic E-state index is 11.8. The van der Waals surface area contributed by atoms with Gasteiger partial charge in [0.15, 0.2) is 0 Å². The van der Waals surface area contributed by atoms with E-state index in [1.165, 1.54) is 16.9 Å². The number of nitrogens with one attached hydrogen (secondary N) is 2. The van der Waals surface area contributed by atoms with Crippen molar-refractivity contribution in [3.63, 3.8) is 0 Å². The highest BCUT2D eigenvalue weighted by atomic mass is 32.1. The quantitative estimate of drug-likeness (QED) is 0.770. The Labute approximate surface area is 114 Å². The van der Waals surface area contributed by atoms with Gasteiger partial charge < -0.3 is 10.3 Å². The Morgan fingerprint density at radius 1 is 1.26 bits per heavy atom. The summed E-state index contributed by atoms with van der Waals surface area (Å²) in [5.74, 6) is 0.650. The second-order valence-corrected chi connectivity index (χ2v) is 5.28. The van der Waals surface area contributed by atoms with Crippen LogP contribution in [0.3, 0.4) is 0 Å². The van der Waals surface area contributed by atoms with Crippen molar-refractivity contribution in [2.24, 2.45) is 0 Å². The zero-order valence-corrected chi connectivity index (χ0v) is 11.3. The van der Waals surface area contributed by atoms with Crippen LogP contribution in [-0.4, -0.2) is 9.97 Å². The fourth-order valence-corrected chi connectivity index (χ4v) is 2.59. The molecule has 19 heavy (non-hydrogen) atoms. The van der Waals surface area contributed by atoms with Gasteiger partial charge in [-0.1, -0.05) is 17.7 Å². The molecule has 1 aromatic carbocycles. The molecule has 0 aliphatic heterocycles. The molecular formula is C14H13N3OS. The highest BCUT2D eigenvalue weighted by Gasteiger charge is 2.04. The Hall–Kier alpha value is -2.14. The number of hydrogen-bond donors (Lipinski definition) is 2. The second kappa shape index (κ2) is 4.85. The van der Waals surface area contributed by atoms with Crippen molar-refractivity contribution in [2.45, 2.75) is 13.5 Å². The van der Waals surface area contributed by atoms with Crippen molar-refractivity contribution in [2.75, 3.05) is 5.32 Å². The Kier molecular flexibility index (Phi) is 3.05. The molecule has 0 atom stereocenters. The topological polar surface area (TPSA) is 57.8 Å². The summed E-state index contributed by atoms with van der Waals surface area (Å²) in [7, 11) is 0. The molecule has 0 amide bonds. The third-order valence-corrected chi connectivity index (χ3v) is 3.78. The molecule has 96 valence electrons. The molecule has 0 aliphatic carbocycles. The zero-order valence-electron chi connectivity index (χ0n) is 10.4. The number of nitrogens with zero attached hydrogens (tertiary/aromatic N) is 1. The second-order valence-electron chi connectivity index (χ2n) is 4.37. The van der Waals surface area contributed by atoms with Crippen LogP contribution in [0.2, 0.25) is 0 Å². The molecule has 3 rings (SSSR count). The van der Waals surface area contributed by atoms with Gasteiger partial charge in [-0.25, -0.2) is 4.98 Å². The van der Waals surface area contributed by atoms with Crippen LogP contribution < -0.4 is 10.9 Å². The van der Waals surface area contributed by atoms with E-state index in [2.05, 4.69) is 15.3 Å². The van der Waals surface area contributed by atoms with Crippen molar-refractivity contribution >= 4 is 27.2 Å². The molecule has 0 spiro atoms. The monoisotopic (exact) mass is 271 g/mol. The summed E-state index contributed by atoms with van der Waals surface area (Å²) < 4.78 is 0.680. The van der Waals surface area contributed by atoms with E-state index in [0.717, 1.165) is 11.2 Å². The minimum Gasteiger partial charge on any atom is -0.378 e. The molecule has 0 fully saturated rings. The molecule has 0 saturated carbocycles. The fraction of sp³-hybridized carbons (Fsp3) is 0.143. The van der Waals surface area contributed by atoms with Gasteiger partial charge in [0.2, 0.25) is 0 Å². The largest absolute Gasteiger partial charge is 0.378 e. The molecule has 0 bridgehead atoms. The third kappa shape index (κ3) is 2.51. The van der Waals surface area contributed by atoms with Crippen molar-refractivity contribution in [1.29, 1.82) is 0 Å². The lowest BCUT2D eigenvalue weighted by atomic mass is 10.2. The standard InChI is InChI=1S/C14H13N3OS/c1-9-2-4-10(5-3-9)15-8-12-16-11-6-7-19-13(11)14(18)17-12/h2-7,15H,8H2,1H3,(H,16,17,18). The highest BCUT2D eigenvalue weighted by molar-refractivity contribution is 7.17.